The van der Waals surface area contributed by atoms with Gasteiger partial charge >= 0.3 is 0 Å². The zero-order chi connectivity index (χ0) is 16.2. The molecule has 0 atom stereocenters. The molecular formula is C20H24N2O. The number of aryl methyl sites for hydroxylation is 2. The van der Waals surface area contributed by atoms with Gasteiger partial charge in [0.15, 0.2) is 0 Å². The van der Waals surface area contributed by atoms with Crippen molar-refractivity contribution in [1.82, 2.24) is 0 Å². The zero-order valence-corrected chi connectivity index (χ0v) is 13.9. The smallest absolute Gasteiger partial charge is 0.228 e. The second-order valence-corrected chi connectivity index (χ2v) is 6.34. The first-order chi connectivity index (χ1) is 11.1. The molecule has 3 rings (SSSR count). The Morgan fingerprint density at radius 3 is 2.48 bits per heavy atom. The van der Waals surface area contributed by atoms with E-state index in [9.17, 15) is 4.79 Å². The molecule has 1 aliphatic rings. The number of nitrogens with zero attached hydrogens (tertiary/aromatic N) is 1. The van der Waals surface area contributed by atoms with E-state index < -0.39 is 0 Å². The van der Waals surface area contributed by atoms with Crippen LogP contribution in [-0.4, -0.2) is 19.0 Å². The lowest BCUT2D eigenvalue weighted by Gasteiger charge is -2.19. The molecular weight excluding hydrogens is 284 g/mol. The highest BCUT2D eigenvalue weighted by atomic mass is 16.1. The van der Waals surface area contributed by atoms with Gasteiger partial charge in [-0.1, -0.05) is 24.3 Å². The zero-order valence-electron chi connectivity index (χ0n) is 13.9. The van der Waals surface area contributed by atoms with Crippen molar-refractivity contribution in [1.29, 1.82) is 0 Å². The largest absolute Gasteiger partial charge is 0.372 e. The Kier molecular flexibility index (Phi) is 4.65. The van der Waals surface area contributed by atoms with Crippen LogP contribution in [0.3, 0.4) is 0 Å². The van der Waals surface area contributed by atoms with Crippen molar-refractivity contribution in [3.63, 3.8) is 0 Å². The molecule has 1 N–H and O–H groups in total. The van der Waals surface area contributed by atoms with E-state index in [1.165, 1.54) is 18.5 Å². The topological polar surface area (TPSA) is 32.3 Å². The van der Waals surface area contributed by atoms with Crippen LogP contribution in [0.4, 0.5) is 11.4 Å². The number of hydrogen-bond donors (Lipinski definition) is 1. The number of carbonyl (C=O) groups is 1. The van der Waals surface area contributed by atoms with Crippen LogP contribution in [0.5, 0.6) is 0 Å². The predicted octanol–water partition coefficient (Wildman–Crippen LogP) is 4.08. The molecule has 2 aromatic rings. The Labute approximate surface area is 138 Å². The van der Waals surface area contributed by atoms with Crippen molar-refractivity contribution in [2.24, 2.45) is 0 Å². The maximum Gasteiger partial charge on any atom is 0.228 e. The standard InChI is InChI=1S/C20H24N2O/c1-15-7-3-4-8-17(15)14-20(23)21-19-10-9-18(13-16(19)2)22-11-5-6-12-22/h3-4,7-10,13H,5-6,11-12,14H2,1-2H3,(H,21,23). The second kappa shape index (κ2) is 6.86. The van der Waals surface area contributed by atoms with Crippen LogP contribution in [0.1, 0.15) is 29.5 Å². The molecule has 0 saturated carbocycles. The van der Waals surface area contributed by atoms with Gasteiger partial charge in [0.25, 0.3) is 0 Å². The molecule has 3 heteroatoms. The average molecular weight is 308 g/mol. The van der Waals surface area contributed by atoms with E-state index in [4.69, 9.17) is 0 Å². The van der Waals surface area contributed by atoms with Gasteiger partial charge in [0, 0.05) is 24.5 Å². The van der Waals surface area contributed by atoms with E-state index in [1.807, 2.05) is 37.3 Å². The van der Waals surface area contributed by atoms with E-state index in [2.05, 4.69) is 29.3 Å². The lowest BCUT2D eigenvalue weighted by Crippen LogP contribution is -2.18. The van der Waals surface area contributed by atoms with Crippen LogP contribution in [-0.2, 0) is 11.2 Å². The van der Waals surface area contributed by atoms with Crippen LogP contribution in [0.25, 0.3) is 0 Å². The summed E-state index contributed by atoms with van der Waals surface area (Å²) in [6.07, 6.45) is 2.96. The molecule has 2 aromatic carbocycles. The van der Waals surface area contributed by atoms with Crippen LogP contribution >= 0.6 is 0 Å². The third-order valence-electron chi connectivity index (χ3n) is 4.57. The van der Waals surface area contributed by atoms with Gasteiger partial charge in [-0.2, -0.15) is 0 Å². The maximum absolute atomic E-state index is 12.3. The van der Waals surface area contributed by atoms with E-state index in [-0.39, 0.29) is 5.91 Å². The number of anilines is 2. The highest BCUT2D eigenvalue weighted by Crippen LogP contribution is 2.25. The predicted molar refractivity (Wildman–Crippen MR) is 96.1 cm³/mol. The maximum atomic E-state index is 12.3. The third kappa shape index (κ3) is 3.73. The molecule has 1 aliphatic heterocycles. The second-order valence-electron chi connectivity index (χ2n) is 6.34. The summed E-state index contributed by atoms with van der Waals surface area (Å²) in [5, 5.41) is 3.05. The summed E-state index contributed by atoms with van der Waals surface area (Å²) in [6, 6.07) is 14.3. The minimum absolute atomic E-state index is 0.0383. The summed E-state index contributed by atoms with van der Waals surface area (Å²) < 4.78 is 0. The van der Waals surface area contributed by atoms with Crippen LogP contribution < -0.4 is 10.2 Å². The van der Waals surface area contributed by atoms with E-state index in [1.54, 1.807) is 0 Å². The molecule has 1 saturated heterocycles. The van der Waals surface area contributed by atoms with Crippen LogP contribution in [0.2, 0.25) is 0 Å². The summed E-state index contributed by atoms with van der Waals surface area (Å²) in [5.74, 6) is 0.0383. The molecule has 0 unspecified atom stereocenters. The Hall–Kier alpha value is -2.29. The van der Waals surface area contributed by atoms with Crippen molar-refractivity contribution < 1.29 is 4.79 Å². The van der Waals surface area contributed by atoms with Gasteiger partial charge < -0.3 is 10.2 Å². The number of benzene rings is 2. The molecule has 0 bridgehead atoms. The van der Waals surface area contributed by atoms with Crippen molar-refractivity contribution in [3.8, 4) is 0 Å². The molecule has 120 valence electrons. The Morgan fingerprint density at radius 2 is 1.78 bits per heavy atom. The number of amides is 1. The van der Waals surface area contributed by atoms with Crippen molar-refractivity contribution in [2.75, 3.05) is 23.3 Å². The molecule has 1 amide bonds. The van der Waals surface area contributed by atoms with Crippen LogP contribution in [0.15, 0.2) is 42.5 Å². The summed E-state index contributed by atoms with van der Waals surface area (Å²) >= 11 is 0. The molecule has 3 nitrogen and oxygen atoms in total. The van der Waals surface area contributed by atoms with Gasteiger partial charge in [0.1, 0.15) is 0 Å². The van der Waals surface area contributed by atoms with Crippen molar-refractivity contribution >= 4 is 17.3 Å². The third-order valence-corrected chi connectivity index (χ3v) is 4.57. The van der Waals surface area contributed by atoms with Gasteiger partial charge in [0.2, 0.25) is 5.91 Å². The first-order valence-electron chi connectivity index (χ1n) is 8.33. The first kappa shape index (κ1) is 15.6. The normalized spacial score (nSPS) is 14.1. The summed E-state index contributed by atoms with van der Waals surface area (Å²) in [6.45, 7) is 6.37. The fourth-order valence-corrected chi connectivity index (χ4v) is 3.14. The van der Waals surface area contributed by atoms with E-state index >= 15 is 0 Å². The molecule has 0 aromatic heterocycles. The SMILES string of the molecule is Cc1ccccc1CC(=O)Nc1ccc(N2CCCC2)cc1C. The molecule has 23 heavy (non-hydrogen) atoms. The van der Waals surface area contributed by atoms with Crippen molar-refractivity contribution in [2.45, 2.75) is 33.1 Å². The number of nitrogens with one attached hydrogen (secondary N) is 1. The van der Waals surface area contributed by atoms with Crippen molar-refractivity contribution in [3.05, 3.63) is 59.2 Å². The Morgan fingerprint density at radius 1 is 1.04 bits per heavy atom. The lowest BCUT2D eigenvalue weighted by molar-refractivity contribution is -0.115. The minimum Gasteiger partial charge on any atom is -0.372 e. The number of rotatable bonds is 4. The minimum atomic E-state index is 0.0383. The van der Waals surface area contributed by atoms with E-state index in [0.29, 0.717) is 6.42 Å². The monoisotopic (exact) mass is 308 g/mol. The van der Waals surface area contributed by atoms with Gasteiger partial charge in [0.05, 0.1) is 6.42 Å². The average Bonchev–Trinajstić information content (AvgIpc) is 3.06. The number of carbonyl (C=O) groups excluding carboxylic acids is 1. The Bertz CT molecular complexity index is 703. The van der Waals surface area contributed by atoms with Gasteiger partial charge in [-0.3, -0.25) is 4.79 Å². The summed E-state index contributed by atoms with van der Waals surface area (Å²) in [5.41, 5.74) is 5.52. The summed E-state index contributed by atoms with van der Waals surface area (Å²) in [7, 11) is 0. The highest BCUT2D eigenvalue weighted by molar-refractivity contribution is 5.93. The number of hydrogen-bond acceptors (Lipinski definition) is 2. The fraction of sp³-hybridized carbons (Fsp3) is 0.350. The van der Waals surface area contributed by atoms with Gasteiger partial charge in [-0.05, 0) is 61.6 Å². The fourth-order valence-electron chi connectivity index (χ4n) is 3.14. The molecule has 1 heterocycles. The molecule has 0 radical (unpaired) electrons. The van der Waals surface area contributed by atoms with Crippen LogP contribution in [0, 0.1) is 13.8 Å². The van der Waals surface area contributed by atoms with Gasteiger partial charge in [-0.15, -0.1) is 0 Å². The van der Waals surface area contributed by atoms with E-state index in [0.717, 1.165) is 35.5 Å². The quantitative estimate of drug-likeness (QED) is 0.923. The lowest BCUT2D eigenvalue weighted by atomic mass is 10.1. The first-order valence-corrected chi connectivity index (χ1v) is 8.33. The highest BCUT2D eigenvalue weighted by Gasteiger charge is 2.14. The Balaban J connectivity index is 1.67. The van der Waals surface area contributed by atoms with Gasteiger partial charge in [-0.25, -0.2) is 0 Å². The molecule has 1 fully saturated rings. The molecule has 0 aliphatic carbocycles. The molecule has 0 spiro atoms. The summed E-state index contributed by atoms with van der Waals surface area (Å²) in [4.78, 5) is 14.7.